The normalized spacial score (nSPS) is 14.4. The predicted octanol–water partition coefficient (Wildman–Crippen LogP) is 14.5. The molecular weight excluding hydrogens is 753 g/mol. The molecule has 0 saturated carbocycles. The van der Waals surface area contributed by atoms with Crippen LogP contribution in [0.1, 0.15) is 61.1 Å². The lowest BCUT2D eigenvalue weighted by Crippen LogP contribution is -2.17. The van der Waals surface area contributed by atoms with Crippen LogP contribution in [0.15, 0.2) is 158 Å². The second-order valence-electron chi connectivity index (χ2n) is 18.3. The molecular formula is C58H38N4. The van der Waals surface area contributed by atoms with Crippen LogP contribution in [0, 0.1) is 22.7 Å². The summed E-state index contributed by atoms with van der Waals surface area (Å²) in [4.78, 5) is 0. The summed E-state index contributed by atoms with van der Waals surface area (Å²) >= 11 is 0. The maximum absolute atomic E-state index is 11.3. The Morgan fingerprint density at radius 3 is 1.21 bits per heavy atom. The highest BCUT2D eigenvalue weighted by atomic mass is 15.0. The average molecular weight is 791 g/mol. The Labute approximate surface area is 358 Å². The first kappa shape index (κ1) is 34.9. The first-order valence-corrected chi connectivity index (χ1v) is 21.4. The molecule has 0 saturated heterocycles. The van der Waals surface area contributed by atoms with Crippen molar-refractivity contribution in [1.82, 2.24) is 9.13 Å². The molecule has 2 aliphatic carbocycles. The molecule has 4 heteroatoms. The molecule has 2 aromatic heterocycles. The highest BCUT2D eigenvalue weighted by Gasteiger charge is 2.41. The third kappa shape index (κ3) is 4.19. The molecule has 9 aromatic carbocycles. The van der Waals surface area contributed by atoms with Crippen molar-refractivity contribution < 1.29 is 0 Å². The average Bonchev–Trinajstić information content (AvgIpc) is 3.97. The zero-order chi connectivity index (χ0) is 41.8. The Balaban J connectivity index is 1.13. The number of nitriles is 2. The number of hydrogen-bond acceptors (Lipinski definition) is 2. The Morgan fingerprint density at radius 1 is 0.403 bits per heavy atom. The third-order valence-corrected chi connectivity index (χ3v) is 14.5. The van der Waals surface area contributed by atoms with E-state index in [1.165, 1.54) is 66.1 Å². The van der Waals surface area contributed by atoms with Gasteiger partial charge in [-0.15, -0.1) is 0 Å². The van der Waals surface area contributed by atoms with Crippen LogP contribution in [-0.2, 0) is 10.8 Å². The lowest BCUT2D eigenvalue weighted by Gasteiger charge is -2.25. The topological polar surface area (TPSA) is 57.4 Å². The van der Waals surface area contributed by atoms with Crippen LogP contribution < -0.4 is 0 Å². The first-order valence-electron chi connectivity index (χ1n) is 21.4. The van der Waals surface area contributed by atoms with E-state index in [-0.39, 0.29) is 10.8 Å². The molecule has 2 aliphatic rings. The highest BCUT2D eigenvalue weighted by Crippen LogP contribution is 2.57. The summed E-state index contributed by atoms with van der Waals surface area (Å²) in [5, 5.41) is 32.1. The van der Waals surface area contributed by atoms with Crippen LogP contribution in [0.2, 0.25) is 0 Å². The summed E-state index contributed by atoms with van der Waals surface area (Å²) in [7, 11) is 0. The monoisotopic (exact) mass is 790 g/mol. The molecule has 290 valence electrons. The molecule has 0 atom stereocenters. The quantitative estimate of drug-likeness (QED) is 0.175. The van der Waals surface area contributed by atoms with Crippen LogP contribution in [0.25, 0.3) is 98.8 Å². The number of benzene rings is 9. The molecule has 0 aliphatic heterocycles. The summed E-state index contributed by atoms with van der Waals surface area (Å²) in [6.07, 6.45) is 0. The molecule has 0 bridgehead atoms. The number of aromatic nitrogens is 2. The predicted molar refractivity (Wildman–Crippen MR) is 255 cm³/mol. The van der Waals surface area contributed by atoms with Crippen LogP contribution >= 0.6 is 0 Å². The molecule has 11 aromatic rings. The molecule has 0 spiro atoms. The first-order chi connectivity index (χ1) is 30.2. The summed E-state index contributed by atoms with van der Waals surface area (Å²) < 4.78 is 4.55. The van der Waals surface area contributed by atoms with Gasteiger partial charge in [0.05, 0.1) is 44.6 Å². The zero-order valence-electron chi connectivity index (χ0n) is 34.8. The van der Waals surface area contributed by atoms with Crippen LogP contribution in [0.5, 0.6) is 0 Å². The van der Waals surface area contributed by atoms with E-state index < -0.39 is 0 Å². The second-order valence-corrected chi connectivity index (χ2v) is 18.3. The van der Waals surface area contributed by atoms with Gasteiger partial charge in [-0.25, -0.2) is 0 Å². The van der Waals surface area contributed by atoms with E-state index in [1.807, 2.05) is 12.1 Å². The van der Waals surface area contributed by atoms with E-state index in [4.69, 9.17) is 0 Å². The SMILES string of the molecule is CC1(C)c2ccc3ccccc3c2-c2ccc3c4ccccc4n(-c4cc(C#N)c(-n5c6ccccc6c6ccc7c(c65)C(C)(C)c5ccc6ccccc6c5-7)cc4C#N)c3c21. The minimum absolute atomic E-state index is 0.343. The maximum atomic E-state index is 11.3. The fourth-order valence-corrected chi connectivity index (χ4v) is 11.9. The van der Waals surface area contributed by atoms with Gasteiger partial charge in [-0.1, -0.05) is 161 Å². The van der Waals surface area contributed by atoms with Gasteiger partial charge in [0, 0.05) is 32.4 Å². The third-order valence-electron chi connectivity index (χ3n) is 14.5. The van der Waals surface area contributed by atoms with Crippen molar-refractivity contribution in [2.75, 3.05) is 0 Å². The van der Waals surface area contributed by atoms with Crippen molar-refractivity contribution in [1.29, 1.82) is 10.5 Å². The summed E-state index contributed by atoms with van der Waals surface area (Å²) in [5.41, 5.74) is 15.9. The van der Waals surface area contributed by atoms with Gasteiger partial charge < -0.3 is 9.13 Å². The summed E-state index contributed by atoms with van der Waals surface area (Å²) in [5.74, 6) is 0. The van der Waals surface area contributed by atoms with Crippen LogP contribution in [0.3, 0.4) is 0 Å². The van der Waals surface area contributed by atoms with Gasteiger partial charge in [-0.2, -0.15) is 10.5 Å². The molecule has 4 nitrogen and oxygen atoms in total. The van der Waals surface area contributed by atoms with E-state index in [0.717, 1.165) is 43.6 Å². The highest BCUT2D eigenvalue weighted by molar-refractivity contribution is 6.17. The van der Waals surface area contributed by atoms with E-state index in [1.54, 1.807) is 0 Å². The zero-order valence-corrected chi connectivity index (χ0v) is 34.8. The van der Waals surface area contributed by atoms with Gasteiger partial charge in [-0.05, 0) is 90.3 Å². The van der Waals surface area contributed by atoms with E-state index in [2.05, 4.69) is 195 Å². The number of rotatable bonds is 2. The number of para-hydroxylation sites is 2. The van der Waals surface area contributed by atoms with Crippen molar-refractivity contribution in [3.05, 3.63) is 191 Å². The summed E-state index contributed by atoms with van der Waals surface area (Å²) in [6, 6.07) is 61.7. The fraction of sp³-hybridized carbons (Fsp3) is 0.103. The fourth-order valence-electron chi connectivity index (χ4n) is 11.9. The number of hydrogen-bond donors (Lipinski definition) is 0. The van der Waals surface area contributed by atoms with Crippen molar-refractivity contribution in [3.63, 3.8) is 0 Å². The molecule has 0 N–H and O–H groups in total. The lowest BCUT2D eigenvalue weighted by atomic mass is 9.81. The minimum atomic E-state index is -0.343. The van der Waals surface area contributed by atoms with E-state index >= 15 is 0 Å². The Bertz CT molecular complexity index is 3690. The Morgan fingerprint density at radius 2 is 0.790 bits per heavy atom. The number of fused-ring (bicyclic) bond motifs is 18. The standard InChI is InChI=1S/C58H38N4/c1-57(2)45-27-21-33-13-5-7-15-37(33)51(45)43-25-23-41-39-17-9-11-19-47(39)61(55(41)53(43)57)49-29-36(32-60)50(30-35(49)31-59)62-48-20-12-10-18-40(48)42-24-26-44-52-38-16-8-6-14-34(38)22-28-46(52)58(3,4)54(44)56(42)62/h5-30H,1-4H3. The van der Waals surface area contributed by atoms with Crippen molar-refractivity contribution >= 4 is 65.2 Å². The van der Waals surface area contributed by atoms with E-state index in [9.17, 15) is 10.5 Å². The van der Waals surface area contributed by atoms with E-state index in [0.29, 0.717) is 22.5 Å². The van der Waals surface area contributed by atoms with Gasteiger partial charge in [0.15, 0.2) is 0 Å². The van der Waals surface area contributed by atoms with Crippen molar-refractivity contribution in [3.8, 4) is 45.8 Å². The maximum Gasteiger partial charge on any atom is 0.101 e. The molecule has 0 fully saturated rings. The Hall–Kier alpha value is -7.92. The van der Waals surface area contributed by atoms with Crippen molar-refractivity contribution in [2.24, 2.45) is 0 Å². The van der Waals surface area contributed by atoms with Crippen LogP contribution in [-0.4, -0.2) is 9.13 Å². The lowest BCUT2D eigenvalue weighted by molar-refractivity contribution is 0.664. The van der Waals surface area contributed by atoms with Gasteiger partial charge in [0.1, 0.15) is 12.1 Å². The van der Waals surface area contributed by atoms with Crippen LogP contribution in [0.4, 0.5) is 0 Å². The minimum Gasteiger partial charge on any atom is -0.308 e. The molecule has 0 radical (unpaired) electrons. The number of nitrogens with zero attached hydrogens (tertiary/aromatic N) is 4. The molecule has 0 unspecified atom stereocenters. The van der Waals surface area contributed by atoms with Gasteiger partial charge >= 0.3 is 0 Å². The summed E-state index contributed by atoms with van der Waals surface area (Å²) in [6.45, 7) is 9.30. The molecule has 62 heavy (non-hydrogen) atoms. The molecule has 13 rings (SSSR count). The second kappa shape index (κ2) is 11.9. The molecule has 0 amide bonds. The smallest absolute Gasteiger partial charge is 0.101 e. The largest absolute Gasteiger partial charge is 0.308 e. The van der Waals surface area contributed by atoms with Gasteiger partial charge in [-0.3, -0.25) is 0 Å². The Kier molecular flexibility index (Phi) is 6.69. The molecule has 2 heterocycles. The van der Waals surface area contributed by atoms with Crippen molar-refractivity contribution in [2.45, 2.75) is 38.5 Å². The van der Waals surface area contributed by atoms with Gasteiger partial charge in [0.2, 0.25) is 0 Å². The van der Waals surface area contributed by atoms with Gasteiger partial charge in [0.25, 0.3) is 0 Å².